The number of carbonyl (C=O) groups excluding carboxylic acids is 1. The molecule has 2 heteroatoms. The average Bonchev–Trinajstić information content (AvgIpc) is 3.04. The van der Waals surface area contributed by atoms with Crippen LogP contribution in [-0.2, 0) is 4.79 Å². The predicted octanol–water partition coefficient (Wildman–Crippen LogP) is 7.20. The summed E-state index contributed by atoms with van der Waals surface area (Å²) in [6, 6.07) is 0. The van der Waals surface area contributed by atoms with Gasteiger partial charge in [-0.25, -0.2) is 0 Å². The van der Waals surface area contributed by atoms with E-state index in [0.29, 0.717) is 35.4 Å². The topological polar surface area (TPSA) is 37.3 Å². The van der Waals surface area contributed by atoms with Gasteiger partial charge in [0.15, 0.2) is 0 Å². The normalized spacial score (nSPS) is 45.0. The lowest BCUT2D eigenvalue weighted by Crippen LogP contribution is -2.57. The maximum Gasteiger partial charge on any atom is 0.142 e. The molecule has 0 aromatic carbocycles. The molecule has 31 heavy (non-hydrogen) atoms. The van der Waals surface area contributed by atoms with Gasteiger partial charge in [-0.05, 0) is 92.3 Å². The smallest absolute Gasteiger partial charge is 0.142 e. The minimum absolute atomic E-state index is 0.0869. The van der Waals surface area contributed by atoms with Crippen LogP contribution in [0.25, 0.3) is 0 Å². The van der Waals surface area contributed by atoms with Crippen LogP contribution >= 0.6 is 0 Å². The molecule has 4 aliphatic carbocycles. The Morgan fingerprint density at radius 3 is 2.39 bits per heavy atom. The average molecular weight is 429 g/mol. The van der Waals surface area contributed by atoms with E-state index < -0.39 is 5.41 Å². The molecule has 3 fully saturated rings. The molecule has 0 aromatic heterocycles. The van der Waals surface area contributed by atoms with E-state index in [2.05, 4.69) is 54.5 Å². The van der Waals surface area contributed by atoms with Crippen LogP contribution in [0.1, 0.15) is 106 Å². The third-order valence-electron chi connectivity index (χ3n) is 10.9. The van der Waals surface area contributed by atoms with E-state index in [4.69, 9.17) is 0 Å². The van der Waals surface area contributed by atoms with Gasteiger partial charge in [-0.15, -0.1) is 0 Å². The highest BCUT2D eigenvalue weighted by Gasteiger charge is 2.63. The Labute approximate surface area is 191 Å². The maximum atomic E-state index is 12.7. The SMILES string of the molecule is CC(C)CCC[C@@H](C)[C@H]1CC[C@H]2[C@@H]3[C@@H](O)C=C4C(C)(C)C(=O)CC[C@]4(C)[C@H]3CC[C@]12C. The lowest BCUT2D eigenvalue weighted by atomic mass is 9.44. The second kappa shape index (κ2) is 8.00. The Balaban J connectivity index is 1.59. The molecule has 2 nitrogen and oxygen atoms in total. The van der Waals surface area contributed by atoms with Crippen LogP contribution in [-0.4, -0.2) is 17.0 Å². The predicted molar refractivity (Wildman–Crippen MR) is 129 cm³/mol. The lowest BCUT2D eigenvalue weighted by Gasteiger charge is -2.61. The fraction of sp³-hybridized carbons (Fsp3) is 0.897. The Hall–Kier alpha value is -0.630. The van der Waals surface area contributed by atoms with Gasteiger partial charge in [0.25, 0.3) is 0 Å². The molecule has 0 saturated heterocycles. The first kappa shape index (κ1) is 23.5. The van der Waals surface area contributed by atoms with Crippen LogP contribution < -0.4 is 0 Å². The number of hydrogen-bond donors (Lipinski definition) is 1. The highest BCUT2D eigenvalue weighted by molar-refractivity contribution is 5.89. The van der Waals surface area contributed by atoms with E-state index in [1.54, 1.807) is 0 Å². The van der Waals surface area contributed by atoms with Gasteiger partial charge in [-0.3, -0.25) is 4.79 Å². The molecule has 0 spiro atoms. The Kier molecular flexibility index (Phi) is 6.07. The van der Waals surface area contributed by atoms with Crippen molar-refractivity contribution in [3.05, 3.63) is 11.6 Å². The summed E-state index contributed by atoms with van der Waals surface area (Å²) in [5.74, 6) is 4.31. The van der Waals surface area contributed by atoms with E-state index in [1.807, 2.05) is 0 Å². The van der Waals surface area contributed by atoms with Crippen molar-refractivity contribution in [2.75, 3.05) is 0 Å². The number of rotatable bonds is 5. The molecule has 4 aliphatic rings. The second-order valence-electron chi connectivity index (χ2n) is 13.4. The van der Waals surface area contributed by atoms with Crippen molar-refractivity contribution in [1.82, 2.24) is 0 Å². The molecule has 0 radical (unpaired) electrons. The molecule has 4 rings (SSSR count). The fourth-order valence-electron chi connectivity index (χ4n) is 9.19. The van der Waals surface area contributed by atoms with E-state index in [1.165, 1.54) is 50.5 Å². The van der Waals surface area contributed by atoms with Crippen molar-refractivity contribution in [2.24, 2.45) is 51.8 Å². The number of ketones is 1. The van der Waals surface area contributed by atoms with Gasteiger partial charge in [-0.2, -0.15) is 0 Å². The number of carbonyl (C=O) groups is 1. The van der Waals surface area contributed by atoms with Gasteiger partial charge in [0.1, 0.15) is 5.78 Å². The summed E-state index contributed by atoms with van der Waals surface area (Å²) in [6.45, 7) is 16.4. The number of aliphatic hydroxyl groups excluding tert-OH is 1. The second-order valence-corrected chi connectivity index (χ2v) is 13.4. The quantitative estimate of drug-likeness (QED) is 0.470. The van der Waals surface area contributed by atoms with Crippen LogP contribution in [0, 0.1) is 51.8 Å². The van der Waals surface area contributed by atoms with Crippen molar-refractivity contribution in [3.63, 3.8) is 0 Å². The first-order valence-electron chi connectivity index (χ1n) is 13.4. The van der Waals surface area contributed by atoms with Crippen molar-refractivity contribution in [3.8, 4) is 0 Å². The number of allylic oxidation sites excluding steroid dienone is 1. The first-order valence-corrected chi connectivity index (χ1v) is 13.4. The van der Waals surface area contributed by atoms with Gasteiger partial charge in [0.2, 0.25) is 0 Å². The third kappa shape index (κ3) is 3.58. The first-order chi connectivity index (χ1) is 14.4. The van der Waals surface area contributed by atoms with Crippen LogP contribution in [0.2, 0.25) is 0 Å². The zero-order valence-corrected chi connectivity index (χ0v) is 21.3. The molecule has 0 unspecified atom stereocenters. The maximum absolute atomic E-state index is 12.7. The molecule has 3 saturated carbocycles. The number of hydrogen-bond acceptors (Lipinski definition) is 2. The van der Waals surface area contributed by atoms with Gasteiger partial charge >= 0.3 is 0 Å². The Morgan fingerprint density at radius 2 is 1.71 bits per heavy atom. The third-order valence-corrected chi connectivity index (χ3v) is 10.9. The summed E-state index contributed by atoms with van der Waals surface area (Å²) in [5, 5.41) is 11.5. The van der Waals surface area contributed by atoms with Crippen LogP contribution in [0.15, 0.2) is 11.6 Å². The number of Topliss-reactive ketones (excluding diaryl/α,β-unsaturated/α-hetero) is 1. The summed E-state index contributed by atoms with van der Waals surface area (Å²) in [4.78, 5) is 12.7. The molecule has 1 N–H and O–H groups in total. The van der Waals surface area contributed by atoms with Crippen LogP contribution in [0.4, 0.5) is 0 Å². The standard InChI is InChI=1S/C29H48O2/c1-18(2)9-8-10-19(3)20-11-12-21-26-22(13-15-28(20,21)6)29(7)16-14-25(31)27(4,5)24(29)17-23(26)30/h17-23,26,30H,8-16H2,1-7H3/t19-,20-,21+,22+,23+,26+,28-,29-/m1/s1. The van der Waals surface area contributed by atoms with E-state index >= 15 is 0 Å². The molecule has 0 amide bonds. The highest BCUT2D eigenvalue weighted by atomic mass is 16.3. The lowest BCUT2D eigenvalue weighted by molar-refractivity contribution is -0.135. The molecule has 0 heterocycles. The minimum Gasteiger partial charge on any atom is -0.389 e. The largest absolute Gasteiger partial charge is 0.389 e. The van der Waals surface area contributed by atoms with Gasteiger partial charge in [-0.1, -0.05) is 65.5 Å². The number of fused-ring (bicyclic) bond motifs is 5. The highest BCUT2D eigenvalue weighted by Crippen LogP contribution is 2.68. The molecular formula is C29H48O2. The molecule has 0 aromatic rings. The fourth-order valence-corrected chi connectivity index (χ4v) is 9.19. The summed E-state index contributed by atoms with van der Waals surface area (Å²) >= 11 is 0. The summed E-state index contributed by atoms with van der Waals surface area (Å²) in [5.41, 5.74) is 1.30. The molecule has 176 valence electrons. The van der Waals surface area contributed by atoms with Crippen LogP contribution in [0.3, 0.4) is 0 Å². The van der Waals surface area contributed by atoms with Crippen molar-refractivity contribution in [2.45, 2.75) is 112 Å². The van der Waals surface area contributed by atoms with E-state index in [-0.39, 0.29) is 11.5 Å². The molecular weight excluding hydrogens is 380 g/mol. The molecule has 0 bridgehead atoms. The Morgan fingerprint density at radius 1 is 1.00 bits per heavy atom. The van der Waals surface area contributed by atoms with E-state index in [0.717, 1.165) is 24.2 Å². The molecule has 0 aliphatic heterocycles. The van der Waals surface area contributed by atoms with Crippen molar-refractivity contribution in [1.29, 1.82) is 0 Å². The summed E-state index contributed by atoms with van der Waals surface area (Å²) in [6.07, 6.45) is 12.7. The van der Waals surface area contributed by atoms with Crippen molar-refractivity contribution >= 4 is 5.78 Å². The minimum atomic E-state index is -0.414. The summed E-state index contributed by atoms with van der Waals surface area (Å²) in [7, 11) is 0. The summed E-state index contributed by atoms with van der Waals surface area (Å²) < 4.78 is 0. The number of aliphatic hydroxyl groups is 1. The zero-order chi connectivity index (χ0) is 22.8. The van der Waals surface area contributed by atoms with E-state index in [9.17, 15) is 9.90 Å². The monoisotopic (exact) mass is 428 g/mol. The van der Waals surface area contributed by atoms with Gasteiger partial charge < -0.3 is 5.11 Å². The molecule has 8 atom stereocenters. The zero-order valence-electron chi connectivity index (χ0n) is 21.3. The Bertz CT molecular complexity index is 733. The van der Waals surface area contributed by atoms with Crippen LogP contribution in [0.5, 0.6) is 0 Å². The van der Waals surface area contributed by atoms with Gasteiger partial charge in [0.05, 0.1) is 6.10 Å². The van der Waals surface area contributed by atoms with Crippen molar-refractivity contribution < 1.29 is 9.90 Å². The van der Waals surface area contributed by atoms with Gasteiger partial charge in [0, 0.05) is 11.8 Å².